The topological polar surface area (TPSA) is 49.8 Å². The fourth-order valence-corrected chi connectivity index (χ4v) is 2.03. The zero-order valence-corrected chi connectivity index (χ0v) is 10.8. The second-order valence-corrected chi connectivity index (χ2v) is 4.26. The van der Waals surface area contributed by atoms with E-state index in [1.807, 2.05) is 12.1 Å². The largest absolute Gasteiger partial charge is 0.384 e. The molecule has 1 saturated heterocycles. The Kier molecular flexibility index (Phi) is 4.96. The van der Waals surface area contributed by atoms with Crippen molar-refractivity contribution in [2.75, 3.05) is 32.9 Å². The molecule has 19 heavy (non-hydrogen) atoms. The minimum absolute atomic E-state index is 0.0201. The molecule has 1 N–H and O–H groups in total. The van der Waals surface area contributed by atoms with E-state index in [1.165, 1.54) is 0 Å². The molecule has 0 bridgehead atoms. The normalized spacial score (nSPS) is 15.3. The molecule has 0 spiro atoms. The number of aliphatic hydroxyl groups excluding tert-OH is 1. The maximum absolute atomic E-state index is 12.5. The van der Waals surface area contributed by atoms with Crippen LogP contribution >= 0.6 is 0 Å². The molecule has 0 radical (unpaired) electrons. The smallest absolute Gasteiger partial charge is 0.255 e. The van der Waals surface area contributed by atoms with Crippen molar-refractivity contribution < 1.29 is 14.6 Å². The van der Waals surface area contributed by atoms with Crippen LogP contribution in [0.3, 0.4) is 0 Å². The third kappa shape index (κ3) is 3.57. The number of nitrogens with zero attached hydrogens (tertiary/aromatic N) is 1. The van der Waals surface area contributed by atoms with Crippen LogP contribution in [0.2, 0.25) is 0 Å². The number of rotatable bonds is 1. The van der Waals surface area contributed by atoms with Gasteiger partial charge in [-0.15, -0.1) is 0 Å². The molecule has 1 aliphatic rings. The molecule has 4 heteroatoms. The number of benzene rings is 1. The Bertz CT molecular complexity index is 494. The lowest BCUT2D eigenvalue weighted by molar-refractivity contribution is 0.0741. The summed E-state index contributed by atoms with van der Waals surface area (Å²) < 4.78 is 5.35. The standard InChI is InChI=1S/C15H17NO3/c17-10-3-6-13-5-1-2-7-14(13)15(18)16-8-4-11-19-12-9-16/h1-2,5,7,17H,4,8-12H2. The molecule has 1 aromatic carbocycles. The van der Waals surface area contributed by atoms with E-state index in [9.17, 15) is 4.79 Å². The molecular weight excluding hydrogens is 242 g/mol. The summed E-state index contributed by atoms with van der Waals surface area (Å²) in [4.78, 5) is 14.3. The first-order valence-electron chi connectivity index (χ1n) is 6.38. The SMILES string of the molecule is O=C(c1ccccc1C#CCO)N1CCCOCC1. The third-order valence-corrected chi connectivity index (χ3v) is 2.97. The summed E-state index contributed by atoms with van der Waals surface area (Å²) in [6.07, 6.45) is 0.857. The van der Waals surface area contributed by atoms with Gasteiger partial charge < -0.3 is 14.7 Å². The Morgan fingerprint density at radius 3 is 3.00 bits per heavy atom. The van der Waals surface area contributed by atoms with Gasteiger partial charge in [0, 0.05) is 25.3 Å². The van der Waals surface area contributed by atoms with Gasteiger partial charge in [-0.2, -0.15) is 0 Å². The van der Waals surface area contributed by atoms with Crippen LogP contribution < -0.4 is 0 Å². The molecule has 0 unspecified atom stereocenters. The van der Waals surface area contributed by atoms with Crippen LogP contribution in [0.5, 0.6) is 0 Å². The molecule has 2 rings (SSSR count). The second-order valence-electron chi connectivity index (χ2n) is 4.26. The van der Waals surface area contributed by atoms with Gasteiger partial charge in [0.1, 0.15) is 6.61 Å². The molecule has 1 aliphatic heterocycles. The summed E-state index contributed by atoms with van der Waals surface area (Å²) in [5, 5.41) is 8.76. The van der Waals surface area contributed by atoms with E-state index in [-0.39, 0.29) is 12.5 Å². The molecule has 0 atom stereocenters. The summed E-state index contributed by atoms with van der Waals surface area (Å²) in [6, 6.07) is 7.23. The Balaban J connectivity index is 2.22. The highest BCUT2D eigenvalue weighted by atomic mass is 16.5. The van der Waals surface area contributed by atoms with Gasteiger partial charge in [-0.25, -0.2) is 0 Å². The first-order valence-corrected chi connectivity index (χ1v) is 6.38. The van der Waals surface area contributed by atoms with Gasteiger partial charge in [0.05, 0.1) is 12.2 Å². The lowest BCUT2D eigenvalue weighted by atomic mass is 10.1. The number of hydrogen-bond donors (Lipinski definition) is 1. The van der Waals surface area contributed by atoms with Crippen molar-refractivity contribution in [2.45, 2.75) is 6.42 Å². The van der Waals surface area contributed by atoms with Crippen molar-refractivity contribution in [1.82, 2.24) is 4.90 Å². The van der Waals surface area contributed by atoms with Crippen LogP contribution in [0.15, 0.2) is 24.3 Å². The van der Waals surface area contributed by atoms with Crippen molar-refractivity contribution in [3.63, 3.8) is 0 Å². The third-order valence-electron chi connectivity index (χ3n) is 2.97. The van der Waals surface area contributed by atoms with E-state index in [0.29, 0.717) is 37.4 Å². The number of ether oxygens (including phenoxy) is 1. The minimum Gasteiger partial charge on any atom is -0.384 e. The average Bonchev–Trinajstić information content (AvgIpc) is 2.73. The van der Waals surface area contributed by atoms with Gasteiger partial charge in [0.25, 0.3) is 5.91 Å². The average molecular weight is 259 g/mol. The van der Waals surface area contributed by atoms with E-state index in [4.69, 9.17) is 9.84 Å². The first-order chi connectivity index (χ1) is 9.33. The van der Waals surface area contributed by atoms with Crippen molar-refractivity contribution in [3.8, 4) is 11.8 Å². The molecular formula is C15H17NO3. The summed E-state index contributed by atoms with van der Waals surface area (Å²) in [5.41, 5.74) is 1.25. The summed E-state index contributed by atoms with van der Waals surface area (Å²) in [5.74, 6) is 5.38. The Morgan fingerprint density at radius 2 is 2.16 bits per heavy atom. The van der Waals surface area contributed by atoms with Crippen LogP contribution in [0.25, 0.3) is 0 Å². The zero-order valence-electron chi connectivity index (χ0n) is 10.8. The Morgan fingerprint density at radius 1 is 1.32 bits per heavy atom. The molecule has 1 amide bonds. The molecule has 1 aromatic rings. The van der Waals surface area contributed by atoms with Crippen LogP contribution in [0.4, 0.5) is 0 Å². The van der Waals surface area contributed by atoms with Crippen molar-refractivity contribution >= 4 is 5.91 Å². The summed E-state index contributed by atoms with van der Waals surface area (Å²) in [6.45, 7) is 2.40. The van der Waals surface area contributed by atoms with E-state index in [1.54, 1.807) is 17.0 Å². The fraction of sp³-hybridized carbons (Fsp3) is 0.400. The monoisotopic (exact) mass is 259 g/mol. The quantitative estimate of drug-likeness (QED) is 0.762. The van der Waals surface area contributed by atoms with Gasteiger partial charge in [-0.05, 0) is 18.6 Å². The van der Waals surface area contributed by atoms with Gasteiger partial charge in [0.15, 0.2) is 0 Å². The lowest BCUT2D eigenvalue weighted by Crippen LogP contribution is -2.33. The highest BCUT2D eigenvalue weighted by molar-refractivity contribution is 5.96. The van der Waals surface area contributed by atoms with Crippen molar-refractivity contribution in [1.29, 1.82) is 0 Å². The summed E-state index contributed by atoms with van der Waals surface area (Å²) >= 11 is 0. The highest BCUT2D eigenvalue weighted by Gasteiger charge is 2.19. The Hall–Kier alpha value is -1.83. The van der Waals surface area contributed by atoms with E-state index in [0.717, 1.165) is 6.42 Å². The molecule has 1 heterocycles. The van der Waals surface area contributed by atoms with Gasteiger partial charge in [-0.1, -0.05) is 24.0 Å². The van der Waals surface area contributed by atoms with Gasteiger partial charge in [-0.3, -0.25) is 4.79 Å². The minimum atomic E-state index is -0.208. The fourth-order valence-electron chi connectivity index (χ4n) is 2.03. The van der Waals surface area contributed by atoms with Crippen molar-refractivity contribution in [2.24, 2.45) is 0 Å². The maximum Gasteiger partial charge on any atom is 0.255 e. The highest BCUT2D eigenvalue weighted by Crippen LogP contribution is 2.12. The van der Waals surface area contributed by atoms with E-state index >= 15 is 0 Å². The first kappa shape index (κ1) is 13.6. The zero-order chi connectivity index (χ0) is 13.5. The summed E-state index contributed by atoms with van der Waals surface area (Å²) in [7, 11) is 0. The van der Waals surface area contributed by atoms with Gasteiger partial charge in [0.2, 0.25) is 0 Å². The van der Waals surface area contributed by atoms with Gasteiger partial charge >= 0.3 is 0 Å². The lowest BCUT2D eigenvalue weighted by Gasteiger charge is -2.20. The van der Waals surface area contributed by atoms with Crippen molar-refractivity contribution in [3.05, 3.63) is 35.4 Å². The number of carbonyl (C=O) groups excluding carboxylic acids is 1. The number of amides is 1. The maximum atomic E-state index is 12.5. The van der Waals surface area contributed by atoms with Crippen LogP contribution in [-0.4, -0.2) is 48.8 Å². The second kappa shape index (κ2) is 6.93. The molecule has 0 aliphatic carbocycles. The number of aliphatic hydroxyl groups is 1. The van der Waals surface area contributed by atoms with Crippen LogP contribution in [0.1, 0.15) is 22.3 Å². The molecule has 100 valence electrons. The number of hydrogen-bond acceptors (Lipinski definition) is 3. The predicted molar refractivity (Wildman–Crippen MR) is 71.7 cm³/mol. The Labute approximate surface area is 113 Å². The van der Waals surface area contributed by atoms with E-state index in [2.05, 4.69) is 11.8 Å². The van der Waals surface area contributed by atoms with E-state index < -0.39 is 0 Å². The van der Waals surface area contributed by atoms with Crippen LogP contribution in [0, 0.1) is 11.8 Å². The van der Waals surface area contributed by atoms with Crippen LogP contribution in [-0.2, 0) is 4.74 Å². The molecule has 0 saturated carbocycles. The number of carbonyl (C=O) groups is 1. The predicted octanol–water partition coefficient (Wildman–Crippen LogP) is 0.893. The molecule has 0 aromatic heterocycles. The molecule has 1 fully saturated rings. The molecule has 4 nitrogen and oxygen atoms in total.